The van der Waals surface area contributed by atoms with Crippen LogP contribution in [0.3, 0.4) is 0 Å². The summed E-state index contributed by atoms with van der Waals surface area (Å²) in [5.74, 6) is 1.96. The molecule has 1 aliphatic heterocycles. The number of benzene rings is 2. The van der Waals surface area contributed by atoms with Gasteiger partial charge in [-0.3, -0.25) is 9.36 Å². The van der Waals surface area contributed by atoms with Gasteiger partial charge in [0.25, 0.3) is 0 Å². The zero-order valence-corrected chi connectivity index (χ0v) is 19.8. The first kappa shape index (κ1) is 22.4. The molecule has 3 aromatic rings. The van der Waals surface area contributed by atoms with Gasteiger partial charge < -0.3 is 19.7 Å². The molecule has 1 aromatic heterocycles. The molecule has 8 nitrogen and oxygen atoms in total. The van der Waals surface area contributed by atoms with Crippen molar-refractivity contribution in [1.29, 1.82) is 0 Å². The van der Waals surface area contributed by atoms with Crippen LogP contribution in [0.15, 0.2) is 47.6 Å². The Bertz CT molecular complexity index is 1120. The van der Waals surface area contributed by atoms with E-state index in [-0.39, 0.29) is 18.7 Å². The second-order valence-corrected chi connectivity index (χ2v) is 9.51. The number of aromatic nitrogens is 3. The van der Waals surface area contributed by atoms with Gasteiger partial charge in [-0.25, -0.2) is 0 Å². The van der Waals surface area contributed by atoms with E-state index in [2.05, 4.69) is 36.5 Å². The fraction of sp³-hybridized carbons (Fsp3) is 0.318. The second-order valence-electron chi connectivity index (χ2n) is 7.77. The van der Waals surface area contributed by atoms with E-state index in [1.807, 2.05) is 35.8 Å². The van der Waals surface area contributed by atoms with Gasteiger partial charge in [0.2, 0.25) is 12.7 Å². The number of quaternary nitrogens is 1. The Hall–Kier alpha value is -2.75. The highest BCUT2D eigenvalue weighted by Gasteiger charge is 2.26. The average Bonchev–Trinajstić information content (AvgIpc) is 3.40. The smallest absolute Gasteiger partial charge is 0.237 e. The fourth-order valence-corrected chi connectivity index (χ4v) is 4.16. The maximum Gasteiger partial charge on any atom is 0.237 e. The molecular weight excluding hydrogens is 450 g/mol. The summed E-state index contributed by atoms with van der Waals surface area (Å²) < 4.78 is 12.7. The van der Waals surface area contributed by atoms with Crippen molar-refractivity contribution in [2.24, 2.45) is 0 Å². The lowest BCUT2D eigenvalue weighted by Gasteiger charge is -2.19. The highest BCUT2D eigenvalue weighted by atomic mass is 35.5. The molecule has 2 N–H and O–H groups in total. The Morgan fingerprint density at radius 3 is 2.56 bits per heavy atom. The van der Waals surface area contributed by atoms with Gasteiger partial charge in [0, 0.05) is 22.5 Å². The van der Waals surface area contributed by atoms with E-state index in [1.165, 1.54) is 16.7 Å². The highest BCUT2D eigenvalue weighted by Crippen LogP contribution is 2.35. The van der Waals surface area contributed by atoms with Gasteiger partial charge in [0.1, 0.15) is 6.04 Å². The van der Waals surface area contributed by atoms with E-state index >= 15 is 0 Å². The average molecular weight is 475 g/mol. The summed E-state index contributed by atoms with van der Waals surface area (Å²) in [5, 5.41) is 12.7. The van der Waals surface area contributed by atoms with Crippen LogP contribution in [0.2, 0.25) is 5.02 Å². The molecule has 32 heavy (non-hydrogen) atoms. The summed E-state index contributed by atoms with van der Waals surface area (Å²) >= 11 is 7.44. The summed E-state index contributed by atoms with van der Waals surface area (Å²) in [4.78, 5) is 14.1. The Morgan fingerprint density at radius 2 is 1.84 bits per heavy atom. The molecule has 168 valence electrons. The predicted molar refractivity (Wildman–Crippen MR) is 124 cm³/mol. The van der Waals surface area contributed by atoms with Crippen molar-refractivity contribution in [1.82, 2.24) is 14.8 Å². The number of ether oxygens (including phenoxy) is 2. The molecule has 2 heterocycles. The molecule has 4 rings (SSSR count). The van der Waals surface area contributed by atoms with Crippen LogP contribution in [0.25, 0.3) is 5.69 Å². The van der Waals surface area contributed by atoms with Gasteiger partial charge in [-0.05, 0) is 50.2 Å². The Kier molecular flexibility index (Phi) is 6.59. The topological polar surface area (TPSA) is 82.7 Å². The highest BCUT2D eigenvalue weighted by molar-refractivity contribution is 8.00. The normalized spacial score (nSPS) is 14.4. The Morgan fingerprint density at radius 1 is 1.12 bits per heavy atom. The molecule has 0 fully saturated rings. The third-order valence-corrected chi connectivity index (χ3v) is 6.58. The standard InChI is InChI=1S/C22H24ClN5O3S/c1-13(27(3)4)20-25-26-22(28(20)17-8-5-15(23)6-9-17)32-14(2)21(29)24-16-7-10-18-19(11-16)31-12-30-18/h5-11,13-14H,12H2,1-4H3,(H,24,29)/p+1/t13-,14+/m0/s1. The molecule has 0 spiro atoms. The number of hydrogen-bond donors (Lipinski definition) is 2. The third kappa shape index (κ3) is 4.69. The van der Waals surface area contributed by atoms with Crippen molar-refractivity contribution in [3.8, 4) is 17.2 Å². The Labute approximate surface area is 195 Å². The predicted octanol–water partition coefficient (Wildman–Crippen LogP) is 2.97. The number of nitrogens with one attached hydrogen (secondary N) is 2. The molecule has 0 saturated heterocycles. The molecule has 1 amide bonds. The van der Waals surface area contributed by atoms with Crippen molar-refractivity contribution in [3.63, 3.8) is 0 Å². The van der Waals surface area contributed by atoms with Crippen LogP contribution in [0.4, 0.5) is 5.69 Å². The van der Waals surface area contributed by atoms with Crippen molar-refractivity contribution in [3.05, 3.63) is 53.3 Å². The van der Waals surface area contributed by atoms with Crippen molar-refractivity contribution in [2.45, 2.75) is 30.3 Å². The third-order valence-electron chi connectivity index (χ3n) is 5.29. The van der Waals surface area contributed by atoms with E-state index in [0.29, 0.717) is 27.4 Å². The number of carbonyl (C=O) groups is 1. The molecule has 1 aliphatic rings. The lowest BCUT2D eigenvalue weighted by molar-refractivity contribution is -0.890. The Balaban J connectivity index is 1.56. The number of hydrogen-bond acceptors (Lipinski definition) is 6. The minimum Gasteiger partial charge on any atom is -0.454 e. The SMILES string of the molecule is C[C@@H](Sc1nnc([C@H](C)[NH+](C)C)n1-c1ccc(Cl)cc1)C(=O)Nc1ccc2c(c1)OCO2. The number of halogens is 1. The number of rotatable bonds is 7. The second kappa shape index (κ2) is 9.40. The van der Waals surface area contributed by atoms with Crippen LogP contribution < -0.4 is 19.7 Å². The lowest BCUT2D eigenvalue weighted by Crippen LogP contribution is -3.05. The first-order valence-corrected chi connectivity index (χ1v) is 11.5. The minimum atomic E-state index is -0.412. The maximum absolute atomic E-state index is 12.9. The van der Waals surface area contributed by atoms with E-state index in [0.717, 1.165) is 11.5 Å². The van der Waals surface area contributed by atoms with Gasteiger partial charge in [0.15, 0.2) is 22.5 Å². The van der Waals surface area contributed by atoms with Crippen LogP contribution in [0.5, 0.6) is 11.5 Å². The van der Waals surface area contributed by atoms with Gasteiger partial charge in [0.05, 0.1) is 19.3 Å². The maximum atomic E-state index is 12.9. The zero-order valence-electron chi connectivity index (χ0n) is 18.3. The molecule has 0 saturated carbocycles. The fourth-order valence-electron chi connectivity index (χ4n) is 3.16. The summed E-state index contributed by atoms with van der Waals surface area (Å²) in [6, 6.07) is 12.9. The summed E-state index contributed by atoms with van der Waals surface area (Å²) in [6.45, 7) is 4.12. The molecule has 0 unspecified atom stereocenters. The number of nitrogens with zero attached hydrogens (tertiary/aromatic N) is 3. The summed E-state index contributed by atoms with van der Waals surface area (Å²) in [6.07, 6.45) is 0. The van der Waals surface area contributed by atoms with Crippen LogP contribution in [-0.4, -0.2) is 46.8 Å². The van der Waals surface area contributed by atoms with E-state index < -0.39 is 5.25 Å². The summed E-state index contributed by atoms with van der Waals surface area (Å²) in [7, 11) is 4.14. The number of thioether (sulfide) groups is 1. The van der Waals surface area contributed by atoms with Crippen molar-refractivity contribution in [2.75, 3.05) is 26.2 Å². The zero-order chi connectivity index (χ0) is 22.8. The van der Waals surface area contributed by atoms with E-state index in [9.17, 15) is 4.79 Å². The van der Waals surface area contributed by atoms with Gasteiger partial charge in [-0.1, -0.05) is 23.4 Å². The van der Waals surface area contributed by atoms with Crippen LogP contribution in [0, 0.1) is 0 Å². The summed E-state index contributed by atoms with van der Waals surface area (Å²) in [5.41, 5.74) is 1.55. The molecule has 0 bridgehead atoms. The number of amides is 1. The first-order valence-electron chi connectivity index (χ1n) is 10.2. The van der Waals surface area contributed by atoms with Crippen LogP contribution >= 0.6 is 23.4 Å². The lowest BCUT2D eigenvalue weighted by atomic mass is 10.2. The monoisotopic (exact) mass is 474 g/mol. The van der Waals surface area contributed by atoms with Gasteiger partial charge >= 0.3 is 0 Å². The number of fused-ring (bicyclic) bond motifs is 1. The first-order chi connectivity index (χ1) is 15.3. The largest absolute Gasteiger partial charge is 0.454 e. The van der Waals surface area contributed by atoms with E-state index in [1.54, 1.807) is 18.2 Å². The van der Waals surface area contributed by atoms with Gasteiger partial charge in [-0.15, -0.1) is 10.2 Å². The van der Waals surface area contributed by atoms with Crippen LogP contribution in [0.1, 0.15) is 25.7 Å². The van der Waals surface area contributed by atoms with Crippen molar-refractivity contribution < 1.29 is 19.2 Å². The van der Waals surface area contributed by atoms with E-state index in [4.69, 9.17) is 21.1 Å². The molecule has 2 atom stereocenters. The number of carbonyl (C=O) groups excluding carboxylic acids is 1. The molecular formula is C22H25ClN5O3S+. The molecule has 0 aliphatic carbocycles. The van der Waals surface area contributed by atoms with Gasteiger partial charge in [-0.2, -0.15) is 0 Å². The molecule has 2 aromatic carbocycles. The van der Waals surface area contributed by atoms with Crippen molar-refractivity contribution >= 4 is 35.0 Å². The minimum absolute atomic E-state index is 0.102. The molecule has 0 radical (unpaired) electrons. The number of anilines is 1. The molecule has 10 heteroatoms. The quantitative estimate of drug-likeness (QED) is 0.512. The van der Waals surface area contributed by atoms with Crippen LogP contribution in [-0.2, 0) is 4.79 Å².